The second-order valence-electron chi connectivity index (χ2n) is 4.06. The number of nitrogen functional groups attached to an aromatic ring is 1. The molecule has 1 heterocycles. The van der Waals surface area contributed by atoms with E-state index in [9.17, 15) is 4.79 Å². The van der Waals surface area contributed by atoms with Crippen LogP contribution >= 0.6 is 11.6 Å². The SMILES string of the molecule is Nc1cc(C(=O)N(CCO)C2CC2)cc(Cl)n1. The minimum atomic E-state index is -0.155. The largest absolute Gasteiger partial charge is 0.395 e. The number of carbonyl (C=O) groups is 1. The zero-order chi connectivity index (χ0) is 12.4. The van der Waals surface area contributed by atoms with E-state index in [2.05, 4.69) is 4.98 Å². The standard InChI is InChI=1S/C11H14ClN3O2/c12-9-5-7(6-10(13)14-9)11(17)15(3-4-16)8-1-2-8/h5-6,8,16H,1-4H2,(H2,13,14). The minimum absolute atomic E-state index is 0.0451. The molecule has 0 atom stereocenters. The van der Waals surface area contributed by atoms with Crippen LogP contribution in [0.5, 0.6) is 0 Å². The van der Waals surface area contributed by atoms with Gasteiger partial charge in [0.2, 0.25) is 0 Å². The number of rotatable bonds is 4. The summed E-state index contributed by atoms with van der Waals surface area (Å²) in [6, 6.07) is 3.23. The van der Waals surface area contributed by atoms with E-state index in [1.54, 1.807) is 4.90 Å². The molecule has 1 amide bonds. The molecule has 1 aliphatic carbocycles. The first-order valence-electron chi connectivity index (χ1n) is 5.46. The number of nitrogens with two attached hydrogens (primary N) is 1. The summed E-state index contributed by atoms with van der Waals surface area (Å²) in [5, 5.41) is 9.16. The Kier molecular flexibility index (Phi) is 3.49. The van der Waals surface area contributed by atoms with E-state index in [1.807, 2.05) is 0 Å². The van der Waals surface area contributed by atoms with Gasteiger partial charge in [-0.25, -0.2) is 4.98 Å². The summed E-state index contributed by atoms with van der Waals surface area (Å²) in [7, 11) is 0. The lowest BCUT2D eigenvalue weighted by Gasteiger charge is -2.21. The van der Waals surface area contributed by atoms with Crippen molar-refractivity contribution in [1.82, 2.24) is 9.88 Å². The van der Waals surface area contributed by atoms with E-state index in [0.717, 1.165) is 12.8 Å². The van der Waals surface area contributed by atoms with E-state index in [4.69, 9.17) is 22.4 Å². The van der Waals surface area contributed by atoms with Gasteiger partial charge in [0, 0.05) is 18.2 Å². The van der Waals surface area contributed by atoms with Gasteiger partial charge in [0.15, 0.2) is 0 Å². The first-order chi connectivity index (χ1) is 8.11. The number of amides is 1. The lowest BCUT2D eigenvalue weighted by Crippen LogP contribution is -2.35. The first kappa shape index (κ1) is 12.1. The van der Waals surface area contributed by atoms with Crippen molar-refractivity contribution in [3.05, 3.63) is 22.8 Å². The van der Waals surface area contributed by atoms with Gasteiger partial charge in [-0.05, 0) is 25.0 Å². The average molecular weight is 256 g/mol. The fraction of sp³-hybridized carbons (Fsp3) is 0.455. The van der Waals surface area contributed by atoms with Gasteiger partial charge in [-0.3, -0.25) is 4.79 Å². The molecule has 0 unspecified atom stereocenters. The number of carbonyl (C=O) groups excluding carboxylic acids is 1. The summed E-state index contributed by atoms with van der Waals surface area (Å²) in [5.41, 5.74) is 5.97. The van der Waals surface area contributed by atoms with Crippen LogP contribution in [0.25, 0.3) is 0 Å². The molecule has 92 valence electrons. The summed E-state index contributed by atoms with van der Waals surface area (Å²) in [4.78, 5) is 17.7. The first-order valence-corrected chi connectivity index (χ1v) is 5.84. The quantitative estimate of drug-likeness (QED) is 0.784. The van der Waals surface area contributed by atoms with Crippen molar-refractivity contribution < 1.29 is 9.90 Å². The van der Waals surface area contributed by atoms with Crippen LogP contribution in [-0.2, 0) is 0 Å². The fourth-order valence-corrected chi connectivity index (χ4v) is 1.97. The Hall–Kier alpha value is -1.33. The molecular weight excluding hydrogens is 242 g/mol. The summed E-state index contributed by atoms with van der Waals surface area (Å²) in [6.45, 7) is 0.292. The van der Waals surface area contributed by atoms with Crippen LogP contribution in [0.4, 0.5) is 5.82 Å². The van der Waals surface area contributed by atoms with Gasteiger partial charge in [0.1, 0.15) is 11.0 Å². The van der Waals surface area contributed by atoms with Crippen LogP contribution in [0.2, 0.25) is 5.15 Å². The third-order valence-corrected chi connectivity index (χ3v) is 2.84. The number of halogens is 1. The molecule has 0 radical (unpaired) electrons. The lowest BCUT2D eigenvalue weighted by atomic mass is 10.2. The summed E-state index contributed by atoms with van der Waals surface area (Å²) >= 11 is 5.76. The molecule has 6 heteroatoms. The number of hydrogen-bond acceptors (Lipinski definition) is 4. The van der Waals surface area contributed by atoms with Crippen LogP contribution in [0.15, 0.2) is 12.1 Å². The van der Waals surface area contributed by atoms with Crippen LogP contribution in [-0.4, -0.2) is 40.1 Å². The molecular formula is C11H14ClN3O2. The maximum Gasteiger partial charge on any atom is 0.254 e. The monoisotopic (exact) mass is 255 g/mol. The molecule has 5 nitrogen and oxygen atoms in total. The maximum atomic E-state index is 12.2. The van der Waals surface area contributed by atoms with Crippen molar-refractivity contribution in [2.24, 2.45) is 0 Å². The van der Waals surface area contributed by atoms with Crippen molar-refractivity contribution >= 4 is 23.3 Å². The van der Waals surface area contributed by atoms with Crippen LogP contribution in [0.1, 0.15) is 23.2 Å². The minimum Gasteiger partial charge on any atom is -0.395 e. The Morgan fingerprint density at radius 3 is 2.82 bits per heavy atom. The Labute approximate surface area is 104 Å². The smallest absolute Gasteiger partial charge is 0.254 e. The van der Waals surface area contributed by atoms with E-state index < -0.39 is 0 Å². The molecule has 1 fully saturated rings. The molecule has 0 bridgehead atoms. The Morgan fingerprint density at radius 1 is 1.59 bits per heavy atom. The highest BCUT2D eigenvalue weighted by atomic mass is 35.5. The highest BCUT2D eigenvalue weighted by molar-refractivity contribution is 6.29. The molecule has 3 N–H and O–H groups in total. The van der Waals surface area contributed by atoms with Gasteiger partial charge in [0.25, 0.3) is 5.91 Å². The van der Waals surface area contributed by atoms with Crippen LogP contribution in [0, 0.1) is 0 Å². The maximum absolute atomic E-state index is 12.2. The lowest BCUT2D eigenvalue weighted by molar-refractivity contribution is 0.0707. The van der Waals surface area contributed by atoms with Crippen molar-refractivity contribution in [2.75, 3.05) is 18.9 Å². The topological polar surface area (TPSA) is 79.5 Å². The normalized spacial score (nSPS) is 14.7. The number of hydrogen-bond donors (Lipinski definition) is 2. The third kappa shape index (κ3) is 2.87. The third-order valence-electron chi connectivity index (χ3n) is 2.65. The second-order valence-corrected chi connectivity index (χ2v) is 4.44. The number of anilines is 1. The van der Waals surface area contributed by atoms with Crippen LogP contribution in [0.3, 0.4) is 0 Å². The van der Waals surface area contributed by atoms with E-state index in [1.165, 1.54) is 12.1 Å². The molecule has 1 saturated carbocycles. The number of pyridine rings is 1. The molecule has 0 saturated heterocycles. The van der Waals surface area contributed by atoms with Crippen molar-refractivity contribution in [3.63, 3.8) is 0 Å². The zero-order valence-corrected chi connectivity index (χ0v) is 10.0. The fourth-order valence-electron chi connectivity index (χ4n) is 1.75. The molecule has 2 rings (SSSR count). The molecule has 0 aromatic carbocycles. The van der Waals surface area contributed by atoms with Gasteiger partial charge in [-0.2, -0.15) is 0 Å². The second kappa shape index (κ2) is 4.89. The van der Waals surface area contributed by atoms with Crippen molar-refractivity contribution in [3.8, 4) is 0 Å². The number of aliphatic hydroxyl groups excluding tert-OH is 1. The molecule has 1 aromatic rings. The number of nitrogens with zero attached hydrogens (tertiary/aromatic N) is 2. The number of aliphatic hydroxyl groups is 1. The Balaban J connectivity index is 2.21. The van der Waals surface area contributed by atoms with E-state index >= 15 is 0 Å². The molecule has 1 aromatic heterocycles. The molecule has 0 aliphatic heterocycles. The molecule has 0 spiro atoms. The zero-order valence-electron chi connectivity index (χ0n) is 9.27. The van der Waals surface area contributed by atoms with Gasteiger partial charge in [-0.15, -0.1) is 0 Å². The Bertz CT molecular complexity index is 414. The highest BCUT2D eigenvalue weighted by Crippen LogP contribution is 2.28. The van der Waals surface area contributed by atoms with Gasteiger partial charge in [-0.1, -0.05) is 11.6 Å². The predicted octanol–water partition coefficient (Wildman–Crippen LogP) is 0.914. The average Bonchev–Trinajstić information content (AvgIpc) is 3.07. The van der Waals surface area contributed by atoms with Gasteiger partial charge < -0.3 is 15.7 Å². The van der Waals surface area contributed by atoms with Crippen molar-refractivity contribution in [2.45, 2.75) is 18.9 Å². The van der Waals surface area contributed by atoms with Gasteiger partial charge >= 0.3 is 0 Å². The summed E-state index contributed by atoms with van der Waals surface area (Å²) in [5.74, 6) is 0.0677. The molecule has 17 heavy (non-hydrogen) atoms. The number of aromatic nitrogens is 1. The van der Waals surface area contributed by atoms with Crippen LogP contribution < -0.4 is 5.73 Å². The molecule has 1 aliphatic rings. The van der Waals surface area contributed by atoms with Gasteiger partial charge in [0.05, 0.1) is 6.61 Å². The highest BCUT2D eigenvalue weighted by Gasteiger charge is 2.32. The Morgan fingerprint density at radius 2 is 2.29 bits per heavy atom. The van der Waals surface area contributed by atoms with E-state index in [0.29, 0.717) is 12.1 Å². The summed E-state index contributed by atoms with van der Waals surface area (Å²) in [6.07, 6.45) is 1.97. The van der Waals surface area contributed by atoms with E-state index in [-0.39, 0.29) is 29.5 Å². The summed E-state index contributed by atoms with van der Waals surface area (Å²) < 4.78 is 0. The van der Waals surface area contributed by atoms with Crippen molar-refractivity contribution in [1.29, 1.82) is 0 Å². The predicted molar refractivity (Wildman–Crippen MR) is 64.8 cm³/mol.